The van der Waals surface area contributed by atoms with Crippen molar-refractivity contribution in [2.24, 2.45) is 0 Å². The molecule has 162 valence electrons. The summed E-state index contributed by atoms with van der Waals surface area (Å²) >= 11 is 0. The molecule has 2 aromatic rings. The van der Waals surface area contributed by atoms with Crippen molar-refractivity contribution in [3.05, 3.63) is 59.7 Å². The van der Waals surface area contributed by atoms with Gasteiger partial charge in [-0.3, -0.25) is 19.3 Å². The van der Waals surface area contributed by atoms with Crippen LogP contribution in [-0.2, 0) is 20.8 Å². The fraction of sp³-hybridized carbons (Fsp3) is 0.238. The molecule has 0 spiro atoms. The number of rotatable bonds is 8. The van der Waals surface area contributed by atoms with E-state index in [0.29, 0.717) is 11.4 Å². The Labute approximate surface area is 176 Å². The number of carbonyl (C=O) groups excluding carboxylic acids is 4. The van der Waals surface area contributed by atoms with Gasteiger partial charge < -0.3 is 16.0 Å². The third kappa shape index (κ3) is 6.08. The van der Waals surface area contributed by atoms with Crippen LogP contribution in [0, 0.1) is 11.6 Å². The van der Waals surface area contributed by atoms with E-state index in [1.807, 2.05) is 0 Å². The molecule has 0 unspecified atom stereocenters. The lowest BCUT2D eigenvalue weighted by atomic mass is 10.1. The first-order chi connectivity index (χ1) is 14.8. The molecule has 3 N–H and O–H groups in total. The van der Waals surface area contributed by atoms with Gasteiger partial charge >= 0.3 is 6.03 Å². The van der Waals surface area contributed by atoms with E-state index in [1.165, 1.54) is 0 Å². The quantitative estimate of drug-likeness (QED) is 0.559. The van der Waals surface area contributed by atoms with Gasteiger partial charge in [0, 0.05) is 30.8 Å². The summed E-state index contributed by atoms with van der Waals surface area (Å²) in [6, 6.07) is 8.89. The maximum atomic E-state index is 13.6. The number of nitrogens with zero attached hydrogens (tertiary/aromatic N) is 1. The van der Waals surface area contributed by atoms with Gasteiger partial charge in [0.25, 0.3) is 0 Å². The highest BCUT2D eigenvalue weighted by Gasteiger charge is 2.28. The number of carbonyl (C=O) groups is 4. The molecule has 2 aromatic carbocycles. The number of hydrogen-bond acceptors (Lipinski definition) is 4. The normalized spacial score (nSPS) is 13.2. The molecular weight excluding hydrogens is 410 g/mol. The molecule has 0 aliphatic carbocycles. The molecule has 31 heavy (non-hydrogen) atoms. The van der Waals surface area contributed by atoms with E-state index in [1.54, 1.807) is 24.3 Å². The molecule has 5 amide bonds. The highest BCUT2D eigenvalue weighted by molar-refractivity contribution is 6.02. The van der Waals surface area contributed by atoms with Crippen molar-refractivity contribution in [2.45, 2.75) is 19.3 Å². The number of anilines is 2. The zero-order chi connectivity index (χ0) is 22.4. The Bertz CT molecular complexity index is 995. The molecule has 0 atom stereocenters. The lowest BCUT2D eigenvalue weighted by Gasteiger charge is -2.12. The van der Waals surface area contributed by atoms with Crippen LogP contribution in [0.3, 0.4) is 0 Å². The minimum Gasteiger partial charge on any atom is -0.329 e. The zero-order valence-corrected chi connectivity index (χ0v) is 16.4. The van der Waals surface area contributed by atoms with E-state index in [4.69, 9.17) is 0 Å². The smallest absolute Gasteiger partial charge is 0.324 e. The van der Waals surface area contributed by atoms with Crippen molar-refractivity contribution in [1.82, 2.24) is 10.2 Å². The van der Waals surface area contributed by atoms with Crippen molar-refractivity contribution in [2.75, 3.05) is 23.7 Å². The fourth-order valence-electron chi connectivity index (χ4n) is 2.96. The molecule has 1 saturated heterocycles. The highest BCUT2D eigenvalue weighted by Crippen LogP contribution is 2.16. The summed E-state index contributed by atoms with van der Waals surface area (Å²) in [5, 5.41) is 7.65. The summed E-state index contributed by atoms with van der Waals surface area (Å²) < 4.78 is 26.8. The number of aryl methyl sites for hydroxylation is 1. The molecule has 1 aliphatic heterocycles. The Morgan fingerprint density at radius 2 is 1.55 bits per heavy atom. The van der Waals surface area contributed by atoms with E-state index in [0.717, 1.165) is 23.1 Å². The first-order valence-corrected chi connectivity index (χ1v) is 9.54. The third-order valence-electron chi connectivity index (χ3n) is 4.58. The van der Waals surface area contributed by atoms with Crippen molar-refractivity contribution >= 4 is 35.1 Å². The summed E-state index contributed by atoms with van der Waals surface area (Å²) in [5.74, 6) is -2.25. The van der Waals surface area contributed by atoms with E-state index in [-0.39, 0.29) is 55.6 Å². The van der Waals surface area contributed by atoms with Crippen LogP contribution in [0.25, 0.3) is 0 Å². The Morgan fingerprint density at radius 1 is 0.935 bits per heavy atom. The monoisotopic (exact) mass is 430 g/mol. The van der Waals surface area contributed by atoms with E-state index >= 15 is 0 Å². The summed E-state index contributed by atoms with van der Waals surface area (Å²) in [4.78, 5) is 47.9. The second kappa shape index (κ2) is 9.79. The molecular formula is C21H20F2N4O4. The van der Waals surface area contributed by atoms with Gasteiger partial charge in [-0.1, -0.05) is 0 Å². The molecule has 0 bridgehead atoms. The number of hydrogen-bond donors (Lipinski definition) is 3. The van der Waals surface area contributed by atoms with Gasteiger partial charge in [-0.25, -0.2) is 13.6 Å². The lowest BCUT2D eigenvalue weighted by molar-refractivity contribution is -0.125. The maximum Gasteiger partial charge on any atom is 0.324 e. The number of imide groups is 1. The van der Waals surface area contributed by atoms with Crippen LogP contribution in [0.15, 0.2) is 42.5 Å². The van der Waals surface area contributed by atoms with Gasteiger partial charge in [0.2, 0.25) is 17.7 Å². The standard InChI is InChI=1S/C21H20F2N4O4/c22-14-2-7-17(23)13(11-14)1-8-18(28)25-15-3-5-16(6-4-15)26-19(29)9-10-27-20(30)12-24-21(27)31/h2-7,11H,1,8-10,12H2,(H,24,31)(H,25,28)(H,26,29). The first-order valence-electron chi connectivity index (χ1n) is 9.54. The van der Waals surface area contributed by atoms with Crippen LogP contribution in [-0.4, -0.2) is 41.7 Å². The summed E-state index contributed by atoms with van der Waals surface area (Å²) in [6.07, 6.45) is -0.0168. The first kappa shape index (κ1) is 21.9. The SMILES string of the molecule is O=C(CCc1cc(F)ccc1F)Nc1ccc(NC(=O)CCN2C(=O)CNC2=O)cc1. The summed E-state index contributed by atoms with van der Waals surface area (Å²) in [7, 11) is 0. The second-order valence-electron chi connectivity index (χ2n) is 6.86. The Morgan fingerprint density at radius 3 is 2.13 bits per heavy atom. The van der Waals surface area contributed by atoms with Gasteiger partial charge in [0.05, 0.1) is 6.54 Å². The molecule has 1 fully saturated rings. The lowest BCUT2D eigenvalue weighted by Crippen LogP contribution is -2.33. The van der Waals surface area contributed by atoms with Crippen LogP contribution < -0.4 is 16.0 Å². The molecule has 0 radical (unpaired) electrons. The maximum absolute atomic E-state index is 13.6. The average molecular weight is 430 g/mol. The number of halogens is 2. The average Bonchev–Trinajstić information content (AvgIpc) is 3.06. The largest absolute Gasteiger partial charge is 0.329 e. The van der Waals surface area contributed by atoms with Crippen LogP contribution in [0.2, 0.25) is 0 Å². The highest BCUT2D eigenvalue weighted by atomic mass is 19.1. The summed E-state index contributed by atoms with van der Waals surface area (Å²) in [5.41, 5.74) is 1.07. The molecule has 3 rings (SSSR count). The molecule has 0 saturated carbocycles. The Hall–Kier alpha value is -3.82. The summed E-state index contributed by atoms with van der Waals surface area (Å²) in [6.45, 7) is -0.0820. The Kier molecular flexibility index (Phi) is 6.91. The zero-order valence-electron chi connectivity index (χ0n) is 16.4. The van der Waals surface area contributed by atoms with Crippen LogP contribution in [0.5, 0.6) is 0 Å². The van der Waals surface area contributed by atoms with Crippen molar-refractivity contribution < 1.29 is 28.0 Å². The number of benzene rings is 2. The van der Waals surface area contributed by atoms with Crippen LogP contribution in [0.1, 0.15) is 18.4 Å². The van der Waals surface area contributed by atoms with Crippen molar-refractivity contribution in [3.63, 3.8) is 0 Å². The molecule has 8 nitrogen and oxygen atoms in total. The molecule has 1 aliphatic rings. The van der Waals surface area contributed by atoms with Crippen molar-refractivity contribution in [3.8, 4) is 0 Å². The molecule has 10 heteroatoms. The predicted molar refractivity (Wildman–Crippen MR) is 108 cm³/mol. The number of amides is 5. The van der Waals surface area contributed by atoms with Crippen LogP contribution >= 0.6 is 0 Å². The minimum atomic E-state index is -0.566. The fourth-order valence-corrected chi connectivity index (χ4v) is 2.96. The van der Waals surface area contributed by atoms with Gasteiger partial charge in [0.1, 0.15) is 11.6 Å². The minimum absolute atomic E-state index is 0.0173. The number of nitrogens with one attached hydrogen (secondary N) is 3. The molecule has 1 heterocycles. The topological polar surface area (TPSA) is 108 Å². The van der Waals surface area contributed by atoms with Crippen molar-refractivity contribution in [1.29, 1.82) is 0 Å². The predicted octanol–water partition coefficient (Wildman–Crippen LogP) is 2.42. The van der Waals surface area contributed by atoms with Gasteiger partial charge in [-0.2, -0.15) is 0 Å². The third-order valence-corrected chi connectivity index (χ3v) is 4.58. The van der Waals surface area contributed by atoms with E-state index < -0.39 is 17.7 Å². The van der Waals surface area contributed by atoms with Crippen LogP contribution in [0.4, 0.5) is 25.0 Å². The molecule has 0 aromatic heterocycles. The van der Waals surface area contributed by atoms with E-state index in [9.17, 15) is 28.0 Å². The number of urea groups is 1. The van der Waals surface area contributed by atoms with Gasteiger partial charge in [-0.15, -0.1) is 0 Å². The second-order valence-corrected chi connectivity index (χ2v) is 6.86. The van der Waals surface area contributed by atoms with E-state index in [2.05, 4.69) is 16.0 Å². The Balaban J connectivity index is 1.44. The van der Waals surface area contributed by atoms with Gasteiger partial charge in [-0.05, 0) is 54.4 Å². The van der Waals surface area contributed by atoms with Gasteiger partial charge in [0.15, 0.2) is 0 Å².